The first-order chi connectivity index (χ1) is 16.6. The van der Waals surface area contributed by atoms with Crippen molar-refractivity contribution in [2.24, 2.45) is 0 Å². The van der Waals surface area contributed by atoms with Gasteiger partial charge in [-0.1, -0.05) is 17.7 Å². The minimum absolute atomic E-state index is 0.523. The number of hydrogen-bond donors (Lipinski definition) is 0. The molecule has 0 N–H and O–H groups in total. The molecule has 5 aromatic heterocycles. The lowest BCUT2D eigenvalue weighted by Gasteiger charge is -2.09. The molecular formula is C23H17ClN10. The molecule has 6 aromatic rings. The second-order valence-corrected chi connectivity index (χ2v) is 8.14. The molecule has 0 aliphatic rings. The maximum absolute atomic E-state index is 6.30. The van der Waals surface area contributed by atoms with Crippen LogP contribution in [0, 0.1) is 13.8 Å². The van der Waals surface area contributed by atoms with Crippen molar-refractivity contribution >= 4 is 17.2 Å². The number of aromatic nitrogens is 10. The standard InChI is InChI=1S/C23H17ClN10/c1-14-8-21-27-11-19(15(2)33(21)30-14)23-29-22(31-34(23)18-5-3-4-17(24)10-18)16-6-7-26-20(9-16)32-13-25-12-28-32/h3-13H,1-2H3. The van der Waals surface area contributed by atoms with Crippen LogP contribution < -0.4 is 0 Å². The van der Waals surface area contributed by atoms with Gasteiger partial charge in [0.1, 0.15) is 12.7 Å². The zero-order valence-electron chi connectivity index (χ0n) is 18.2. The minimum Gasteiger partial charge on any atom is -0.237 e. The summed E-state index contributed by atoms with van der Waals surface area (Å²) in [5.74, 6) is 1.76. The highest BCUT2D eigenvalue weighted by Crippen LogP contribution is 2.29. The monoisotopic (exact) mass is 468 g/mol. The summed E-state index contributed by atoms with van der Waals surface area (Å²) in [6.07, 6.45) is 6.54. The molecule has 34 heavy (non-hydrogen) atoms. The van der Waals surface area contributed by atoms with Crippen molar-refractivity contribution in [1.29, 1.82) is 0 Å². The summed E-state index contributed by atoms with van der Waals surface area (Å²) in [6, 6.07) is 13.1. The Kier molecular flexibility index (Phi) is 4.66. The Hall–Kier alpha value is -4.44. The number of hydrogen-bond acceptors (Lipinski definition) is 7. The molecular weight excluding hydrogens is 452 g/mol. The van der Waals surface area contributed by atoms with Gasteiger partial charge in [-0.3, -0.25) is 0 Å². The van der Waals surface area contributed by atoms with Crippen molar-refractivity contribution < 1.29 is 0 Å². The van der Waals surface area contributed by atoms with Gasteiger partial charge in [0.15, 0.2) is 23.1 Å². The van der Waals surface area contributed by atoms with Crippen LogP contribution in [0.3, 0.4) is 0 Å². The van der Waals surface area contributed by atoms with Crippen LogP contribution in [0.4, 0.5) is 0 Å². The molecule has 0 spiro atoms. The summed E-state index contributed by atoms with van der Waals surface area (Å²) >= 11 is 6.30. The van der Waals surface area contributed by atoms with Crippen LogP contribution in [0.15, 0.2) is 67.5 Å². The second-order valence-electron chi connectivity index (χ2n) is 7.71. The van der Waals surface area contributed by atoms with Crippen LogP contribution in [0.1, 0.15) is 11.4 Å². The van der Waals surface area contributed by atoms with Gasteiger partial charge in [0.25, 0.3) is 0 Å². The van der Waals surface area contributed by atoms with Crippen LogP contribution in [-0.2, 0) is 0 Å². The first-order valence-corrected chi connectivity index (χ1v) is 10.8. The van der Waals surface area contributed by atoms with Crippen LogP contribution >= 0.6 is 11.6 Å². The predicted octanol–water partition coefficient (Wildman–Crippen LogP) is 3.89. The van der Waals surface area contributed by atoms with Gasteiger partial charge in [-0.2, -0.15) is 10.2 Å². The van der Waals surface area contributed by atoms with E-state index < -0.39 is 0 Å². The molecule has 0 fully saturated rings. The molecule has 0 bridgehead atoms. The Morgan fingerprint density at radius 3 is 2.71 bits per heavy atom. The van der Waals surface area contributed by atoms with Gasteiger partial charge in [-0.25, -0.2) is 33.8 Å². The summed E-state index contributed by atoms with van der Waals surface area (Å²) in [5, 5.41) is 14.2. The van der Waals surface area contributed by atoms with E-state index >= 15 is 0 Å². The molecule has 0 saturated heterocycles. The zero-order valence-corrected chi connectivity index (χ0v) is 19.0. The fourth-order valence-electron chi connectivity index (χ4n) is 3.79. The van der Waals surface area contributed by atoms with Crippen LogP contribution in [0.5, 0.6) is 0 Å². The molecule has 166 valence electrons. The Morgan fingerprint density at radius 1 is 0.971 bits per heavy atom. The minimum atomic E-state index is 0.523. The summed E-state index contributed by atoms with van der Waals surface area (Å²) < 4.78 is 5.17. The molecule has 5 heterocycles. The largest absolute Gasteiger partial charge is 0.237 e. The Bertz CT molecular complexity index is 1650. The number of rotatable bonds is 4. The fraction of sp³-hybridized carbons (Fsp3) is 0.0870. The molecule has 6 rings (SSSR count). The van der Waals surface area contributed by atoms with Gasteiger partial charge in [0.2, 0.25) is 0 Å². The highest BCUT2D eigenvalue weighted by molar-refractivity contribution is 6.30. The lowest BCUT2D eigenvalue weighted by Crippen LogP contribution is -2.04. The van der Waals surface area contributed by atoms with Crippen molar-refractivity contribution in [3.63, 3.8) is 0 Å². The van der Waals surface area contributed by atoms with Crippen LogP contribution in [0.25, 0.3) is 39.9 Å². The number of nitrogens with zero attached hydrogens (tertiary/aromatic N) is 10. The van der Waals surface area contributed by atoms with E-state index in [-0.39, 0.29) is 0 Å². The molecule has 1 aromatic carbocycles. The van der Waals surface area contributed by atoms with Crippen molar-refractivity contribution in [1.82, 2.24) is 49.1 Å². The molecule has 0 amide bonds. The van der Waals surface area contributed by atoms with Gasteiger partial charge >= 0.3 is 0 Å². The normalized spacial score (nSPS) is 11.4. The third-order valence-corrected chi connectivity index (χ3v) is 5.64. The summed E-state index contributed by atoms with van der Waals surface area (Å²) in [5.41, 5.74) is 4.94. The quantitative estimate of drug-likeness (QED) is 0.386. The van der Waals surface area contributed by atoms with Gasteiger partial charge in [-0.15, -0.1) is 5.10 Å². The first kappa shape index (κ1) is 20.2. The SMILES string of the molecule is Cc1cc2ncc(-c3nc(-c4ccnc(-n5cncn5)c4)nn3-c3cccc(Cl)c3)c(C)n2n1. The summed E-state index contributed by atoms with van der Waals surface area (Å²) in [4.78, 5) is 17.9. The molecule has 0 aliphatic heterocycles. The third kappa shape index (κ3) is 3.41. The lowest BCUT2D eigenvalue weighted by molar-refractivity contribution is 0.844. The van der Waals surface area contributed by atoms with E-state index in [0.717, 1.165) is 33.8 Å². The second kappa shape index (κ2) is 7.85. The van der Waals surface area contributed by atoms with Crippen molar-refractivity contribution in [2.75, 3.05) is 0 Å². The Morgan fingerprint density at radius 2 is 1.88 bits per heavy atom. The molecule has 0 atom stereocenters. The van der Waals surface area contributed by atoms with Crippen molar-refractivity contribution in [2.45, 2.75) is 13.8 Å². The zero-order chi connectivity index (χ0) is 23.2. The maximum atomic E-state index is 6.30. The van der Waals surface area contributed by atoms with Gasteiger partial charge in [0, 0.05) is 29.0 Å². The average molecular weight is 469 g/mol. The van der Waals surface area contributed by atoms with Crippen molar-refractivity contribution in [3.8, 4) is 34.3 Å². The van der Waals surface area contributed by atoms with E-state index in [1.54, 1.807) is 28.1 Å². The Labute approximate surface area is 198 Å². The van der Waals surface area contributed by atoms with E-state index in [1.165, 1.54) is 6.33 Å². The highest BCUT2D eigenvalue weighted by atomic mass is 35.5. The lowest BCUT2D eigenvalue weighted by atomic mass is 10.2. The number of aryl methyl sites for hydroxylation is 2. The Balaban J connectivity index is 1.56. The molecule has 11 heteroatoms. The number of pyridine rings is 1. The van der Waals surface area contributed by atoms with E-state index in [9.17, 15) is 0 Å². The van der Waals surface area contributed by atoms with Gasteiger partial charge in [0.05, 0.1) is 22.6 Å². The molecule has 0 radical (unpaired) electrons. The van der Waals surface area contributed by atoms with E-state index in [0.29, 0.717) is 22.5 Å². The third-order valence-electron chi connectivity index (χ3n) is 5.40. The van der Waals surface area contributed by atoms with Crippen molar-refractivity contribution in [3.05, 3.63) is 83.9 Å². The summed E-state index contributed by atoms with van der Waals surface area (Å²) in [6.45, 7) is 3.93. The number of halogens is 1. The van der Waals surface area contributed by atoms with Gasteiger partial charge in [-0.05, 0) is 44.2 Å². The molecule has 0 unspecified atom stereocenters. The fourth-order valence-corrected chi connectivity index (χ4v) is 3.97. The van der Waals surface area contributed by atoms with E-state index in [4.69, 9.17) is 21.7 Å². The average Bonchev–Trinajstić information content (AvgIpc) is 3.59. The molecule has 0 saturated carbocycles. The highest BCUT2D eigenvalue weighted by Gasteiger charge is 2.20. The topological polar surface area (TPSA) is 104 Å². The van der Waals surface area contributed by atoms with Gasteiger partial charge < -0.3 is 0 Å². The number of fused-ring (bicyclic) bond motifs is 1. The summed E-state index contributed by atoms with van der Waals surface area (Å²) in [7, 11) is 0. The van der Waals surface area contributed by atoms with Crippen LogP contribution in [0.2, 0.25) is 5.02 Å². The maximum Gasteiger partial charge on any atom is 0.182 e. The number of benzene rings is 1. The van der Waals surface area contributed by atoms with E-state index in [2.05, 4.69) is 25.1 Å². The first-order valence-electron chi connectivity index (χ1n) is 10.4. The molecule has 10 nitrogen and oxygen atoms in total. The smallest absolute Gasteiger partial charge is 0.182 e. The predicted molar refractivity (Wildman–Crippen MR) is 126 cm³/mol. The van der Waals surface area contributed by atoms with E-state index in [1.807, 2.05) is 60.8 Å². The molecule has 0 aliphatic carbocycles. The van der Waals surface area contributed by atoms with Crippen LogP contribution in [-0.4, -0.2) is 49.1 Å².